The van der Waals surface area contributed by atoms with E-state index in [0.717, 1.165) is 0 Å². The summed E-state index contributed by atoms with van der Waals surface area (Å²) in [5.41, 5.74) is 0.212. The molecule has 0 bridgehead atoms. The largest absolute Gasteiger partial charge is 0.479 e. The monoisotopic (exact) mass is 575 g/mol. The topological polar surface area (TPSA) is 69.3 Å². The van der Waals surface area contributed by atoms with Crippen molar-refractivity contribution >= 4 is 39.3 Å². The van der Waals surface area contributed by atoms with Crippen LogP contribution in [-0.2, 0) is 13.2 Å². The van der Waals surface area contributed by atoms with Gasteiger partial charge in [0.2, 0.25) is 11.6 Å². The summed E-state index contributed by atoms with van der Waals surface area (Å²) in [4.78, 5) is 12.5. The highest BCUT2D eigenvalue weighted by atomic mass is 79.9. The van der Waals surface area contributed by atoms with Crippen molar-refractivity contribution in [1.29, 1.82) is 0 Å². The number of ether oxygens (including phenoxy) is 1. The number of amides is 1. The number of nitrogens with zero attached hydrogens (tertiary/aromatic N) is 2. The standard InChI is InChI=1S/C22H12BrClF5N3O3/c23-12-8-32(7-11-13(24)2-1-3-14(11)25)31-21(12)30-22(33)17-5-4-10(35-17)9-34-20-18(28)15(26)6-16(27)19(20)29/h1-6,8H,7,9H2,(H,30,31,33). The molecule has 0 unspecified atom stereocenters. The zero-order chi connectivity index (χ0) is 25.3. The van der Waals surface area contributed by atoms with Gasteiger partial charge in [-0.25, -0.2) is 13.2 Å². The van der Waals surface area contributed by atoms with E-state index < -0.39 is 47.3 Å². The minimum absolute atomic E-state index is 0.00396. The van der Waals surface area contributed by atoms with E-state index in [-0.39, 0.29) is 40.5 Å². The molecule has 2 heterocycles. The van der Waals surface area contributed by atoms with Crippen molar-refractivity contribution in [2.75, 3.05) is 5.32 Å². The van der Waals surface area contributed by atoms with Crippen LogP contribution in [0.4, 0.5) is 27.8 Å². The third-order valence-corrected chi connectivity index (χ3v) is 5.58. The lowest BCUT2D eigenvalue weighted by Crippen LogP contribution is -2.12. The molecule has 2 aromatic carbocycles. The first-order valence-electron chi connectivity index (χ1n) is 9.65. The lowest BCUT2D eigenvalue weighted by atomic mass is 10.2. The number of anilines is 1. The molecule has 1 amide bonds. The van der Waals surface area contributed by atoms with Crippen LogP contribution in [0.15, 0.2) is 51.5 Å². The molecule has 0 aliphatic heterocycles. The molecular formula is C22H12BrClF5N3O3. The minimum atomic E-state index is -1.70. The fourth-order valence-corrected chi connectivity index (χ4v) is 3.61. The van der Waals surface area contributed by atoms with Gasteiger partial charge in [0.1, 0.15) is 18.2 Å². The van der Waals surface area contributed by atoms with Crippen molar-refractivity contribution in [1.82, 2.24) is 9.78 Å². The summed E-state index contributed by atoms with van der Waals surface area (Å²) in [6.07, 6.45) is 1.50. The van der Waals surface area contributed by atoms with E-state index in [1.807, 2.05) is 0 Å². The molecule has 0 spiro atoms. The second-order valence-corrected chi connectivity index (χ2v) is 8.29. The Bertz CT molecular complexity index is 1380. The number of halogens is 7. The van der Waals surface area contributed by atoms with Crippen molar-refractivity contribution in [3.05, 3.63) is 98.3 Å². The van der Waals surface area contributed by atoms with Gasteiger partial charge in [-0.15, -0.1) is 0 Å². The van der Waals surface area contributed by atoms with Crippen LogP contribution in [0, 0.1) is 29.1 Å². The fourth-order valence-electron chi connectivity index (χ4n) is 2.98. The highest BCUT2D eigenvalue weighted by molar-refractivity contribution is 9.10. The van der Waals surface area contributed by atoms with Crippen molar-refractivity contribution < 1.29 is 35.9 Å². The van der Waals surface area contributed by atoms with Gasteiger partial charge in [-0.1, -0.05) is 17.7 Å². The van der Waals surface area contributed by atoms with Gasteiger partial charge in [-0.3, -0.25) is 9.48 Å². The molecule has 2 aromatic heterocycles. The Balaban J connectivity index is 1.43. The van der Waals surface area contributed by atoms with Gasteiger partial charge in [-0.2, -0.15) is 13.9 Å². The zero-order valence-electron chi connectivity index (χ0n) is 17.2. The number of furan rings is 1. The third-order valence-electron chi connectivity index (χ3n) is 4.65. The molecule has 0 radical (unpaired) electrons. The summed E-state index contributed by atoms with van der Waals surface area (Å²) in [6.45, 7) is -0.623. The minimum Gasteiger partial charge on any atom is -0.479 e. The van der Waals surface area contributed by atoms with Crippen LogP contribution < -0.4 is 10.1 Å². The van der Waals surface area contributed by atoms with Crippen molar-refractivity contribution in [2.24, 2.45) is 0 Å². The Morgan fingerprint density at radius 1 is 1.09 bits per heavy atom. The number of hydrogen-bond donors (Lipinski definition) is 1. The lowest BCUT2D eigenvalue weighted by molar-refractivity contribution is 0.0991. The third kappa shape index (κ3) is 5.33. The second kappa shape index (κ2) is 10.1. The van der Waals surface area contributed by atoms with Gasteiger partial charge in [0, 0.05) is 22.8 Å². The summed E-state index contributed by atoms with van der Waals surface area (Å²) < 4.78 is 79.8. The van der Waals surface area contributed by atoms with Crippen molar-refractivity contribution in [2.45, 2.75) is 13.2 Å². The van der Waals surface area contributed by atoms with E-state index in [9.17, 15) is 26.7 Å². The van der Waals surface area contributed by atoms with Crippen LogP contribution >= 0.6 is 27.5 Å². The maximum Gasteiger partial charge on any atom is 0.292 e. The molecular weight excluding hydrogens is 565 g/mol. The predicted molar refractivity (Wildman–Crippen MR) is 118 cm³/mol. The second-order valence-electron chi connectivity index (χ2n) is 7.03. The maximum atomic E-state index is 14.0. The Hall–Kier alpha value is -3.38. The molecule has 0 saturated heterocycles. The lowest BCUT2D eigenvalue weighted by Gasteiger charge is -2.08. The van der Waals surface area contributed by atoms with Crippen LogP contribution in [0.25, 0.3) is 0 Å². The molecule has 0 atom stereocenters. The molecule has 0 aliphatic carbocycles. The van der Waals surface area contributed by atoms with E-state index in [0.29, 0.717) is 4.47 Å². The van der Waals surface area contributed by atoms with E-state index >= 15 is 0 Å². The van der Waals surface area contributed by atoms with Crippen LogP contribution in [0.5, 0.6) is 5.75 Å². The Labute approximate surface area is 207 Å². The predicted octanol–water partition coefficient (Wildman–Crippen LogP) is 6.47. The summed E-state index contributed by atoms with van der Waals surface area (Å²) in [5.74, 6) is -9.34. The van der Waals surface area contributed by atoms with E-state index in [4.69, 9.17) is 20.8 Å². The molecule has 13 heteroatoms. The molecule has 0 aliphatic rings. The summed E-state index contributed by atoms with van der Waals surface area (Å²) in [5, 5.41) is 6.86. The molecule has 4 rings (SSSR count). The highest BCUT2D eigenvalue weighted by Gasteiger charge is 2.22. The van der Waals surface area contributed by atoms with E-state index in [1.165, 1.54) is 41.2 Å². The Morgan fingerprint density at radius 3 is 2.49 bits per heavy atom. The smallest absolute Gasteiger partial charge is 0.292 e. The summed E-state index contributed by atoms with van der Waals surface area (Å²) >= 11 is 9.27. The molecule has 1 N–H and O–H groups in total. The van der Waals surface area contributed by atoms with Gasteiger partial charge in [0.05, 0.1) is 11.0 Å². The van der Waals surface area contributed by atoms with Gasteiger partial charge < -0.3 is 14.5 Å². The Kier molecular flexibility index (Phi) is 7.13. The van der Waals surface area contributed by atoms with Crippen LogP contribution in [0.3, 0.4) is 0 Å². The van der Waals surface area contributed by atoms with Gasteiger partial charge in [0.15, 0.2) is 29.0 Å². The highest BCUT2D eigenvalue weighted by Crippen LogP contribution is 2.28. The van der Waals surface area contributed by atoms with Gasteiger partial charge in [0.25, 0.3) is 5.91 Å². The zero-order valence-corrected chi connectivity index (χ0v) is 19.6. The molecule has 0 fully saturated rings. The van der Waals surface area contributed by atoms with E-state index in [2.05, 4.69) is 26.3 Å². The van der Waals surface area contributed by atoms with Crippen molar-refractivity contribution in [3.63, 3.8) is 0 Å². The first-order valence-corrected chi connectivity index (χ1v) is 10.8. The Morgan fingerprint density at radius 2 is 1.80 bits per heavy atom. The first kappa shape index (κ1) is 24.7. The SMILES string of the molecule is O=C(Nc1nn(Cc2c(F)cccc2Cl)cc1Br)c1ccc(COc2c(F)c(F)cc(F)c2F)o1. The van der Waals surface area contributed by atoms with Crippen LogP contribution in [0.1, 0.15) is 21.9 Å². The molecule has 4 aromatic rings. The molecule has 35 heavy (non-hydrogen) atoms. The normalized spacial score (nSPS) is 11.1. The van der Waals surface area contributed by atoms with Crippen LogP contribution in [0.2, 0.25) is 5.02 Å². The summed E-state index contributed by atoms with van der Waals surface area (Å²) in [6, 6.07) is 6.83. The number of nitrogens with one attached hydrogen (secondary N) is 1. The number of carbonyl (C=O) groups is 1. The average Bonchev–Trinajstić information content (AvgIpc) is 3.42. The first-order chi connectivity index (χ1) is 16.6. The van der Waals surface area contributed by atoms with Crippen molar-refractivity contribution in [3.8, 4) is 5.75 Å². The molecule has 6 nitrogen and oxygen atoms in total. The fraction of sp³-hybridized carbons (Fsp3) is 0.0909. The quantitative estimate of drug-likeness (QED) is 0.202. The number of aromatic nitrogens is 2. The van der Waals surface area contributed by atoms with Gasteiger partial charge in [-0.05, 0) is 40.2 Å². The number of hydrogen-bond acceptors (Lipinski definition) is 4. The number of benzene rings is 2. The van der Waals surface area contributed by atoms with E-state index in [1.54, 1.807) is 0 Å². The number of rotatable bonds is 7. The molecule has 0 saturated carbocycles. The average molecular weight is 577 g/mol. The number of carbonyl (C=O) groups excluding carboxylic acids is 1. The maximum absolute atomic E-state index is 14.0. The molecule has 182 valence electrons. The van der Waals surface area contributed by atoms with Gasteiger partial charge >= 0.3 is 0 Å². The van der Waals surface area contributed by atoms with Crippen LogP contribution in [-0.4, -0.2) is 15.7 Å². The summed E-state index contributed by atoms with van der Waals surface area (Å²) in [7, 11) is 0.